The summed E-state index contributed by atoms with van der Waals surface area (Å²) >= 11 is 0. The second-order valence-electron chi connectivity index (χ2n) is 5.43. The van der Waals surface area contributed by atoms with Crippen LogP contribution in [0.15, 0.2) is 30.3 Å². The molecule has 2 aliphatic rings. The number of benzene rings is 1. The summed E-state index contributed by atoms with van der Waals surface area (Å²) in [5.74, 6) is 0.300. The molecule has 2 saturated heterocycles. The molecule has 5 nitrogen and oxygen atoms in total. The van der Waals surface area contributed by atoms with E-state index in [0.29, 0.717) is 19.7 Å². The van der Waals surface area contributed by atoms with Crippen LogP contribution in [0.3, 0.4) is 0 Å². The van der Waals surface area contributed by atoms with E-state index in [1.165, 1.54) is 5.56 Å². The van der Waals surface area contributed by atoms with Crippen molar-refractivity contribution < 1.29 is 9.53 Å². The molecule has 0 aliphatic carbocycles. The van der Waals surface area contributed by atoms with Gasteiger partial charge in [0, 0.05) is 32.6 Å². The number of hydrogen-bond donors (Lipinski definition) is 2. The summed E-state index contributed by atoms with van der Waals surface area (Å²) in [5.41, 5.74) is 7.29. The number of ether oxygens (including phenoxy) is 1. The quantitative estimate of drug-likeness (QED) is 0.826. The van der Waals surface area contributed by atoms with E-state index >= 15 is 0 Å². The van der Waals surface area contributed by atoms with Gasteiger partial charge >= 0.3 is 0 Å². The Hall–Kier alpha value is -1.43. The lowest BCUT2D eigenvalue weighted by molar-refractivity contribution is -0.142. The number of carbonyl (C=O) groups excluding carboxylic acids is 1. The van der Waals surface area contributed by atoms with Crippen LogP contribution in [0, 0.1) is 5.92 Å². The summed E-state index contributed by atoms with van der Waals surface area (Å²) in [4.78, 5) is 14.3. The van der Waals surface area contributed by atoms with Crippen molar-refractivity contribution in [3.8, 4) is 0 Å². The normalized spacial score (nSPS) is 24.0. The van der Waals surface area contributed by atoms with Gasteiger partial charge in [0.25, 0.3) is 0 Å². The zero-order valence-corrected chi connectivity index (χ0v) is 11.5. The molecule has 1 aromatic rings. The number of rotatable bonds is 3. The van der Waals surface area contributed by atoms with Crippen LogP contribution >= 0.6 is 0 Å². The highest BCUT2D eigenvalue weighted by Gasteiger charge is 2.30. The van der Waals surface area contributed by atoms with Crippen LogP contribution in [-0.2, 0) is 16.0 Å². The Balaban J connectivity index is 1.57. The van der Waals surface area contributed by atoms with Gasteiger partial charge in [-0.2, -0.15) is 0 Å². The van der Waals surface area contributed by atoms with Crippen LogP contribution in [0.2, 0.25) is 0 Å². The van der Waals surface area contributed by atoms with Crippen molar-refractivity contribution in [2.75, 3.05) is 32.8 Å². The van der Waals surface area contributed by atoms with E-state index in [1.807, 2.05) is 23.1 Å². The van der Waals surface area contributed by atoms with Gasteiger partial charge in [0.05, 0.1) is 18.6 Å². The van der Waals surface area contributed by atoms with Gasteiger partial charge in [-0.05, 0) is 5.56 Å². The molecule has 0 spiro atoms. The molecule has 3 rings (SSSR count). The zero-order valence-electron chi connectivity index (χ0n) is 11.5. The van der Waals surface area contributed by atoms with E-state index in [4.69, 9.17) is 4.74 Å². The van der Waals surface area contributed by atoms with E-state index in [9.17, 15) is 4.79 Å². The average molecular weight is 275 g/mol. The molecule has 2 fully saturated rings. The second kappa shape index (κ2) is 6.35. The van der Waals surface area contributed by atoms with Crippen LogP contribution in [0.1, 0.15) is 5.56 Å². The van der Waals surface area contributed by atoms with Crippen molar-refractivity contribution in [1.82, 2.24) is 15.8 Å². The van der Waals surface area contributed by atoms with Crippen molar-refractivity contribution in [3.63, 3.8) is 0 Å². The van der Waals surface area contributed by atoms with E-state index in [-0.39, 0.29) is 17.9 Å². The fourth-order valence-corrected chi connectivity index (χ4v) is 2.82. The third kappa shape index (κ3) is 3.17. The standard InChI is InChI=1S/C15H21N3O2/c19-15(13-9-16-17-10-13)18-6-7-20-14(11-18)8-12-4-2-1-3-5-12/h1-5,13-14,16-17H,6-11H2. The van der Waals surface area contributed by atoms with Crippen LogP contribution in [0.4, 0.5) is 0 Å². The number of nitrogens with zero attached hydrogens (tertiary/aromatic N) is 1. The lowest BCUT2D eigenvalue weighted by Gasteiger charge is -2.34. The van der Waals surface area contributed by atoms with Crippen LogP contribution < -0.4 is 10.9 Å². The maximum Gasteiger partial charge on any atom is 0.228 e. The molecule has 5 heteroatoms. The van der Waals surface area contributed by atoms with E-state index in [0.717, 1.165) is 19.5 Å². The molecule has 1 unspecified atom stereocenters. The van der Waals surface area contributed by atoms with Gasteiger partial charge in [0.1, 0.15) is 0 Å². The highest BCUT2D eigenvalue weighted by Crippen LogP contribution is 2.14. The first-order valence-electron chi connectivity index (χ1n) is 7.23. The Morgan fingerprint density at radius 1 is 1.25 bits per heavy atom. The van der Waals surface area contributed by atoms with Crippen LogP contribution in [-0.4, -0.2) is 49.7 Å². The summed E-state index contributed by atoms with van der Waals surface area (Å²) in [5, 5.41) is 0. The van der Waals surface area contributed by atoms with Gasteiger partial charge < -0.3 is 9.64 Å². The lowest BCUT2D eigenvalue weighted by atomic mass is 10.0. The molecule has 0 saturated carbocycles. The maximum absolute atomic E-state index is 12.4. The molecule has 1 atom stereocenters. The first-order chi connectivity index (χ1) is 9.83. The first-order valence-corrected chi connectivity index (χ1v) is 7.23. The summed E-state index contributed by atoms with van der Waals surface area (Å²) in [6, 6.07) is 10.3. The molecular formula is C15H21N3O2. The molecule has 2 aliphatic heterocycles. The number of carbonyl (C=O) groups is 1. The summed E-state index contributed by atoms with van der Waals surface area (Å²) in [6.07, 6.45) is 0.976. The summed E-state index contributed by atoms with van der Waals surface area (Å²) < 4.78 is 5.80. The summed E-state index contributed by atoms with van der Waals surface area (Å²) in [7, 11) is 0. The Morgan fingerprint density at radius 3 is 2.75 bits per heavy atom. The van der Waals surface area contributed by atoms with Gasteiger partial charge in [-0.3, -0.25) is 15.6 Å². The molecule has 108 valence electrons. The number of amides is 1. The SMILES string of the molecule is O=C(C1CNNC1)N1CCOC(Cc2ccccc2)C1. The van der Waals surface area contributed by atoms with Crippen molar-refractivity contribution in [3.05, 3.63) is 35.9 Å². The minimum atomic E-state index is 0.0606. The van der Waals surface area contributed by atoms with Crippen molar-refractivity contribution in [1.29, 1.82) is 0 Å². The molecule has 2 heterocycles. The Morgan fingerprint density at radius 2 is 2.00 bits per heavy atom. The van der Waals surface area contributed by atoms with Gasteiger partial charge in [-0.1, -0.05) is 30.3 Å². The minimum Gasteiger partial charge on any atom is -0.374 e. The highest BCUT2D eigenvalue weighted by atomic mass is 16.5. The molecule has 0 radical (unpaired) electrons. The minimum absolute atomic E-state index is 0.0606. The molecule has 2 N–H and O–H groups in total. The zero-order chi connectivity index (χ0) is 13.8. The van der Waals surface area contributed by atoms with Crippen LogP contribution in [0.5, 0.6) is 0 Å². The first kappa shape index (κ1) is 13.5. The van der Waals surface area contributed by atoms with E-state index in [1.54, 1.807) is 0 Å². The van der Waals surface area contributed by atoms with Gasteiger partial charge in [0.2, 0.25) is 5.91 Å². The molecule has 1 amide bonds. The number of hydrogen-bond acceptors (Lipinski definition) is 4. The Kier molecular flexibility index (Phi) is 4.30. The fraction of sp³-hybridized carbons (Fsp3) is 0.533. The van der Waals surface area contributed by atoms with Crippen molar-refractivity contribution in [2.45, 2.75) is 12.5 Å². The number of hydrazine groups is 1. The van der Waals surface area contributed by atoms with Gasteiger partial charge in [0.15, 0.2) is 0 Å². The monoisotopic (exact) mass is 275 g/mol. The summed E-state index contributed by atoms with van der Waals surface area (Å²) in [6.45, 7) is 3.49. The van der Waals surface area contributed by atoms with E-state index in [2.05, 4.69) is 23.0 Å². The molecule has 0 aromatic heterocycles. The second-order valence-corrected chi connectivity index (χ2v) is 5.43. The Labute approximate surface area is 119 Å². The molecule has 1 aromatic carbocycles. The fourth-order valence-electron chi connectivity index (χ4n) is 2.82. The topological polar surface area (TPSA) is 53.6 Å². The number of nitrogens with one attached hydrogen (secondary N) is 2. The third-order valence-electron chi connectivity index (χ3n) is 3.93. The molecule has 20 heavy (non-hydrogen) atoms. The maximum atomic E-state index is 12.4. The van der Waals surface area contributed by atoms with Gasteiger partial charge in [-0.25, -0.2) is 0 Å². The lowest BCUT2D eigenvalue weighted by Crippen LogP contribution is -2.49. The molecule has 0 bridgehead atoms. The largest absolute Gasteiger partial charge is 0.374 e. The third-order valence-corrected chi connectivity index (χ3v) is 3.93. The van der Waals surface area contributed by atoms with Crippen molar-refractivity contribution in [2.24, 2.45) is 5.92 Å². The number of morpholine rings is 1. The average Bonchev–Trinajstić information content (AvgIpc) is 3.02. The van der Waals surface area contributed by atoms with E-state index < -0.39 is 0 Å². The highest BCUT2D eigenvalue weighted by molar-refractivity contribution is 5.79. The Bertz CT molecular complexity index is 446. The van der Waals surface area contributed by atoms with Crippen molar-refractivity contribution >= 4 is 5.91 Å². The molecular weight excluding hydrogens is 254 g/mol. The smallest absolute Gasteiger partial charge is 0.228 e. The van der Waals surface area contributed by atoms with Gasteiger partial charge in [-0.15, -0.1) is 0 Å². The predicted octanol–water partition coefficient (Wildman–Crippen LogP) is 0.181. The van der Waals surface area contributed by atoms with Crippen LogP contribution in [0.25, 0.3) is 0 Å². The predicted molar refractivity (Wildman–Crippen MR) is 76.0 cm³/mol.